The molecule has 2 aliphatic heterocycles. The number of carbonyl (C=O) groups is 1. The van der Waals surface area contributed by atoms with Crippen LogP contribution in [0.25, 0.3) is 10.6 Å². The number of piperidine rings is 1. The molecule has 1 N–H and O–H groups in total. The van der Waals surface area contributed by atoms with Crippen molar-refractivity contribution < 1.29 is 9.18 Å². The van der Waals surface area contributed by atoms with E-state index in [2.05, 4.69) is 15.6 Å². The van der Waals surface area contributed by atoms with Crippen molar-refractivity contribution in [1.29, 1.82) is 0 Å². The van der Waals surface area contributed by atoms with E-state index in [4.69, 9.17) is 4.98 Å². The van der Waals surface area contributed by atoms with Gasteiger partial charge in [0.25, 0.3) is 0 Å². The highest BCUT2D eigenvalue weighted by atomic mass is 32.1. The van der Waals surface area contributed by atoms with Crippen molar-refractivity contribution in [2.24, 2.45) is 5.92 Å². The van der Waals surface area contributed by atoms with Crippen molar-refractivity contribution in [3.63, 3.8) is 0 Å². The fourth-order valence-corrected chi connectivity index (χ4v) is 4.60. The Labute approximate surface area is 163 Å². The number of carbonyl (C=O) groups excluding carboxylic acids is 1. The molecular weight excluding hydrogens is 363 g/mol. The highest BCUT2D eigenvalue weighted by Gasteiger charge is 2.28. The molecule has 4 rings (SSSR count). The summed E-state index contributed by atoms with van der Waals surface area (Å²) in [5.74, 6) is 0.311. The van der Waals surface area contributed by atoms with Crippen LogP contribution >= 0.6 is 11.3 Å². The maximum absolute atomic E-state index is 13.1. The molecule has 0 radical (unpaired) electrons. The number of amides is 1. The lowest BCUT2D eigenvalue weighted by molar-refractivity contribution is -0.138. The van der Waals surface area contributed by atoms with Crippen LogP contribution in [0.15, 0.2) is 29.6 Å². The molecule has 0 unspecified atom stereocenters. The number of halogens is 1. The molecule has 0 saturated carbocycles. The fraction of sp³-hybridized carbons (Fsp3) is 0.500. The Morgan fingerprint density at radius 3 is 2.56 bits per heavy atom. The Hall–Kier alpha value is -1.83. The normalized spacial score (nSPS) is 19.4. The molecule has 27 heavy (non-hydrogen) atoms. The second-order valence-corrected chi connectivity index (χ2v) is 8.13. The second-order valence-electron chi connectivity index (χ2n) is 7.28. The quantitative estimate of drug-likeness (QED) is 0.875. The number of hydrogen-bond acceptors (Lipinski definition) is 5. The number of nitrogens with one attached hydrogen (secondary N) is 1. The summed E-state index contributed by atoms with van der Waals surface area (Å²) in [5, 5.41) is 6.32. The highest BCUT2D eigenvalue weighted by Crippen LogP contribution is 2.25. The Kier molecular flexibility index (Phi) is 5.80. The van der Waals surface area contributed by atoms with E-state index < -0.39 is 0 Å². The Morgan fingerprint density at radius 1 is 1.15 bits per heavy atom. The molecule has 1 aromatic carbocycles. The van der Waals surface area contributed by atoms with Gasteiger partial charge in [-0.3, -0.25) is 9.69 Å². The molecular formula is C20H25FN4OS. The van der Waals surface area contributed by atoms with E-state index in [-0.39, 0.29) is 11.7 Å². The lowest BCUT2D eigenvalue weighted by Gasteiger charge is -2.37. The minimum atomic E-state index is -0.229. The monoisotopic (exact) mass is 388 g/mol. The van der Waals surface area contributed by atoms with Gasteiger partial charge in [0.15, 0.2) is 0 Å². The van der Waals surface area contributed by atoms with Crippen LogP contribution < -0.4 is 5.32 Å². The van der Waals surface area contributed by atoms with E-state index in [1.807, 2.05) is 4.90 Å². The van der Waals surface area contributed by atoms with Gasteiger partial charge in [-0.1, -0.05) is 0 Å². The molecule has 5 nitrogen and oxygen atoms in total. The van der Waals surface area contributed by atoms with Crippen molar-refractivity contribution in [3.8, 4) is 10.6 Å². The zero-order valence-corrected chi connectivity index (χ0v) is 16.2. The largest absolute Gasteiger partial charge is 0.340 e. The number of piperazine rings is 1. The predicted octanol–water partition coefficient (Wildman–Crippen LogP) is 2.59. The summed E-state index contributed by atoms with van der Waals surface area (Å²) in [6, 6.07) is 6.47. The van der Waals surface area contributed by atoms with E-state index in [0.29, 0.717) is 5.91 Å². The third-order valence-electron chi connectivity index (χ3n) is 5.40. The first-order valence-corrected chi connectivity index (χ1v) is 10.5. The molecule has 0 atom stereocenters. The minimum Gasteiger partial charge on any atom is -0.340 e. The zero-order valence-electron chi connectivity index (χ0n) is 15.4. The number of benzene rings is 1. The standard InChI is InChI=1S/C20H25FN4OS/c21-17-3-1-15(2-4-17)19-23-18(14-27-19)13-24-9-11-25(12-10-24)20(26)16-5-7-22-8-6-16/h1-4,14,16,22H,5-13H2. The van der Waals surface area contributed by atoms with Gasteiger partial charge in [-0.05, 0) is 50.2 Å². The van der Waals surface area contributed by atoms with Crippen LogP contribution in [-0.2, 0) is 11.3 Å². The average molecular weight is 389 g/mol. The van der Waals surface area contributed by atoms with Crippen LogP contribution in [0, 0.1) is 11.7 Å². The highest BCUT2D eigenvalue weighted by molar-refractivity contribution is 7.13. The maximum atomic E-state index is 13.1. The van der Waals surface area contributed by atoms with Crippen LogP contribution in [0.3, 0.4) is 0 Å². The number of rotatable bonds is 4. The van der Waals surface area contributed by atoms with Crippen LogP contribution in [0.2, 0.25) is 0 Å². The number of aromatic nitrogens is 1. The lowest BCUT2D eigenvalue weighted by Crippen LogP contribution is -2.51. The van der Waals surface area contributed by atoms with E-state index >= 15 is 0 Å². The molecule has 0 spiro atoms. The summed E-state index contributed by atoms with van der Waals surface area (Å²) >= 11 is 1.59. The number of thiazole rings is 1. The summed E-state index contributed by atoms with van der Waals surface area (Å²) in [4.78, 5) is 21.7. The first-order chi connectivity index (χ1) is 13.2. The van der Waals surface area contributed by atoms with Crippen molar-refractivity contribution in [3.05, 3.63) is 41.2 Å². The predicted molar refractivity (Wildman–Crippen MR) is 105 cm³/mol. The molecule has 2 aliphatic rings. The van der Waals surface area contributed by atoms with Crippen molar-refractivity contribution in [2.75, 3.05) is 39.3 Å². The fourth-order valence-electron chi connectivity index (χ4n) is 3.79. The summed E-state index contributed by atoms with van der Waals surface area (Å²) in [6.07, 6.45) is 1.92. The first kappa shape index (κ1) is 18.5. The van der Waals surface area contributed by atoms with E-state index in [1.165, 1.54) is 12.1 Å². The molecule has 7 heteroatoms. The lowest BCUT2D eigenvalue weighted by atomic mass is 9.96. The Morgan fingerprint density at radius 2 is 1.85 bits per heavy atom. The SMILES string of the molecule is O=C(C1CCNCC1)N1CCN(Cc2csc(-c3ccc(F)cc3)n2)CC1. The Bertz CT molecular complexity index is 765. The van der Waals surface area contributed by atoms with E-state index in [0.717, 1.165) is 74.9 Å². The molecule has 3 heterocycles. The number of nitrogens with zero attached hydrogens (tertiary/aromatic N) is 3. The minimum absolute atomic E-state index is 0.203. The third-order valence-corrected chi connectivity index (χ3v) is 6.34. The molecule has 2 aromatic rings. The van der Waals surface area contributed by atoms with Crippen LogP contribution in [-0.4, -0.2) is 60.0 Å². The van der Waals surface area contributed by atoms with Crippen LogP contribution in [0.4, 0.5) is 4.39 Å². The van der Waals surface area contributed by atoms with Gasteiger partial charge < -0.3 is 10.2 Å². The molecule has 144 valence electrons. The van der Waals surface area contributed by atoms with Crippen LogP contribution in [0.1, 0.15) is 18.5 Å². The Balaban J connectivity index is 1.29. The van der Waals surface area contributed by atoms with E-state index in [1.54, 1.807) is 23.5 Å². The van der Waals surface area contributed by atoms with Crippen molar-refractivity contribution in [1.82, 2.24) is 20.1 Å². The average Bonchev–Trinajstić information content (AvgIpc) is 3.18. The summed E-state index contributed by atoms with van der Waals surface area (Å²) in [7, 11) is 0. The van der Waals surface area contributed by atoms with E-state index in [9.17, 15) is 9.18 Å². The molecule has 0 bridgehead atoms. The third kappa shape index (κ3) is 4.54. The van der Waals surface area contributed by atoms with Gasteiger partial charge in [0.05, 0.1) is 5.69 Å². The van der Waals surface area contributed by atoms with Crippen molar-refractivity contribution in [2.45, 2.75) is 19.4 Å². The molecule has 1 amide bonds. The smallest absolute Gasteiger partial charge is 0.225 e. The van der Waals surface area contributed by atoms with Gasteiger partial charge in [-0.25, -0.2) is 9.37 Å². The van der Waals surface area contributed by atoms with Gasteiger partial charge in [0, 0.05) is 49.6 Å². The molecule has 1 aromatic heterocycles. The number of hydrogen-bond donors (Lipinski definition) is 1. The van der Waals surface area contributed by atoms with Crippen molar-refractivity contribution >= 4 is 17.2 Å². The van der Waals surface area contributed by atoms with Gasteiger partial charge >= 0.3 is 0 Å². The topological polar surface area (TPSA) is 48.5 Å². The maximum Gasteiger partial charge on any atom is 0.225 e. The summed E-state index contributed by atoms with van der Waals surface area (Å²) < 4.78 is 13.1. The molecule has 2 saturated heterocycles. The zero-order chi connectivity index (χ0) is 18.6. The van der Waals surface area contributed by atoms with Gasteiger partial charge in [-0.2, -0.15) is 0 Å². The second kappa shape index (κ2) is 8.46. The van der Waals surface area contributed by atoms with Gasteiger partial charge in [0.1, 0.15) is 10.8 Å². The summed E-state index contributed by atoms with van der Waals surface area (Å²) in [6.45, 7) is 6.09. The first-order valence-electron chi connectivity index (χ1n) is 9.61. The van der Waals surface area contributed by atoms with Gasteiger partial charge in [-0.15, -0.1) is 11.3 Å². The van der Waals surface area contributed by atoms with Crippen LogP contribution in [0.5, 0.6) is 0 Å². The molecule has 2 fully saturated rings. The van der Waals surface area contributed by atoms with Gasteiger partial charge in [0.2, 0.25) is 5.91 Å². The summed E-state index contributed by atoms with van der Waals surface area (Å²) in [5.41, 5.74) is 1.99. The molecule has 0 aliphatic carbocycles.